The molecule has 0 amide bonds. The molecule has 0 radical (unpaired) electrons. The van der Waals surface area contributed by atoms with E-state index in [9.17, 15) is 0 Å². The Kier molecular flexibility index (Phi) is 3.24. The Morgan fingerprint density at radius 1 is 1.50 bits per heavy atom. The van der Waals surface area contributed by atoms with E-state index in [4.69, 9.17) is 22.1 Å². The molecule has 2 heterocycles. The van der Waals surface area contributed by atoms with Crippen LogP contribution in [0.25, 0.3) is 0 Å². The Morgan fingerprint density at radius 2 is 2.12 bits per heavy atom. The van der Waals surface area contributed by atoms with Gasteiger partial charge in [-0.15, -0.1) is 0 Å². The summed E-state index contributed by atoms with van der Waals surface area (Å²) in [7, 11) is 1.91. The molecule has 0 spiro atoms. The second kappa shape index (κ2) is 4.35. The summed E-state index contributed by atoms with van der Waals surface area (Å²) in [5.74, 6) is 0. The van der Waals surface area contributed by atoms with Gasteiger partial charge >= 0.3 is 0 Å². The highest BCUT2D eigenvalue weighted by Crippen LogP contribution is 2.27. The van der Waals surface area contributed by atoms with Gasteiger partial charge in [0.25, 0.3) is 0 Å². The van der Waals surface area contributed by atoms with Gasteiger partial charge in [0.05, 0.1) is 16.4 Å². The van der Waals surface area contributed by atoms with Gasteiger partial charge < -0.3 is 10.5 Å². The van der Waals surface area contributed by atoms with Gasteiger partial charge in [-0.25, -0.2) is 0 Å². The average molecular weight is 244 g/mol. The lowest BCUT2D eigenvalue weighted by Gasteiger charge is -2.33. The van der Waals surface area contributed by atoms with E-state index in [-0.39, 0.29) is 5.54 Å². The maximum absolute atomic E-state index is 6.36. The molecule has 16 heavy (non-hydrogen) atoms. The molecule has 5 heteroatoms. The zero-order chi connectivity index (χ0) is 11.8. The first-order valence-electron chi connectivity index (χ1n) is 5.56. The lowest BCUT2D eigenvalue weighted by molar-refractivity contribution is 0.0527. The van der Waals surface area contributed by atoms with Crippen molar-refractivity contribution >= 4 is 11.6 Å². The van der Waals surface area contributed by atoms with E-state index in [1.807, 2.05) is 18.7 Å². The molecule has 0 unspecified atom stereocenters. The fraction of sp³-hybridized carbons (Fsp3) is 0.727. The largest absolute Gasteiger partial charge is 0.381 e. The fourth-order valence-corrected chi connectivity index (χ4v) is 2.39. The quantitative estimate of drug-likeness (QED) is 0.855. The Hall–Kier alpha value is -0.580. The van der Waals surface area contributed by atoms with Crippen molar-refractivity contribution in [2.24, 2.45) is 12.8 Å². The molecule has 1 aliphatic rings. The Morgan fingerprint density at radius 3 is 2.62 bits per heavy atom. The molecule has 2 N–H and O–H groups in total. The summed E-state index contributed by atoms with van der Waals surface area (Å²) in [5.41, 5.74) is 8.07. The Bertz CT molecular complexity index is 383. The van der Waals surface area contributed by atoms with E-state index in [1.54, 1.807) is 0 Å². The number of rotatable bonds is 2. The number of hydrogen-bond donors (Lipinski definition) is 1. The fourth-order valence-electron chi connectivity index (χ4n) is 2.16. The monoisotopic (exact) mass is 243 g/mol. The molecule has 0 bridgehead atoms. The highest BCUT2D eigenvalue weighted by Gasteiger charge is 2.30. The first-order valence-corrected chi connectivity index (χ1v) is 5.94. The predicted molar refractivity (Wildman–Crippen MR) is 63.6 cm³/mol. The van der Waals surface area contributed by atoms with Crippen LogP contribution in [-0.4, -0.2) is 28.5 Å². The number of halogens is 1. The minimum absolute atomic E-state index is 0.192. The number of nitrogens with zero attached hydrogens (tertiary/aromatic N) is 2. The molecule has 1 aliphatic heterocycles. The van der Waals surface area contributed by atoms with Crippen LogP contribution in [0.3, 0.4) is 0 Å². The molecule has 1 aromatic rings. The van der Waals surface area contributed by atoms with Crippen LogP contribution < -0.4 is 5.73 Å². The van der Waals surface area contributed by atoms with Crippen molar-refractivity contribution < 1.29 is 4.74 Å². The molecular formula is C11H18ClN3O. The molecule has 0 atom stereocenters. The topological polar surface area (TPSA) is 53.1 Å². The lowest BCUT2D eigenvalue weighted by Crippen LogP contribution is -2.47. The zero-order valence-electron chi connectivity index (χ0n) is 9.79. The van der Waals surface area contributed by atoms with E-state index >= 15 is 0 Å². The van der Waals surface area contributed by atoms with Crippen LogP contribution in [0, 0.1) is 6.92 Å². The molecule has 1 aromatic heterocycles. The van der Waals surface area contributed by atoms with Gasteiger partial charge in [0, 0.05) is 32.2 Å². The Labute approximate surface area is 101 Å². The highest BCUT2D eigenvalue weighted by molar-refractivity contribution is 6.31. The van der Waals surface area contributed by atoms with Crippen molar-refractivity contribution in [3.8, 4) is 0 Å². The second-order valence-corrected chi connectivity index (χ2v) is 5.00. The molecule has 1 saturated heterocycles. The maximum Gasteiger partial charge on any atom is 0.0847 e. The van der Waals surface area contributed by atoms with Gasteiger partial charge in [0.2, 0.25) is 0 Å². The van der Waals surface area contributed by atoms with Gasteiger partial charge in [0.1, 0.15) is 0 Å². The number of hydrogen-bond acceptors (Lipinski definition) is 3. The number of aryl methyl sites for hydroxylation is 2. The van der Waals surface area contributed by atoms with Gasteiger partial charge in [-0.05, 0) is 19.8 Å². The van der Waals surface area contributed by atoms with E-state index in [2.05, 4.69) is 5.10 Å². The molecule has 2 rings (SSSR count). The summed E-state index contributed by atoms with van der Waals surface area (Å²) in [6.07, 6.45) is 2.54. The molecule has 4 nitrogen and oxygen atoms in total. The summed E-state index contributed by atoms with van der Waals surface area (Å²) in [5, 5.41) is 5.05. The summed E-state index contributed by atoms with van der Waals surface area (Å²) >= 11 is 6.23. The third-order valence-electron chi connectivity index (χ3n) is 3.27. The minimum Gasteiger partial charge on any atom is -0.381 e. The summed E-state index contributed by atoms with van der Waals surface area (Å²) < 4.78 is 7.17. The van der Waals surface area contributed by atoms with Crippen LogP contribution in [0.4, 0.5) is 0 Å². The zero-order valence-corrected chi connectivity index (χ0v) is 10.5. The van der Waals surface area contributed by atoms with Crippen molar-refractivity contribution in [1.29, 1.82) is 0 Å². The summed E-state index contributed by atoms with van der Waals surface area (Å²) in [6, 6.07) is 0. The first kappa shape index (κ1) is 11.9. The van der Waals surface area contributed by atoms with Gasteiger partial charge in [0.15, 0.2) is 0 Å². The number of ether oxygens (including phenoxy) is 1. The van der Waals surface area contributed by atoms with E-state index in [1.165, 1.54) is 0 Å². The Balaban J connectivity index is 2.19. The average Bonchev–Trinajstić information content (AvgIpc) is 2.46. The summed E-state index contributed by atoms with van der Waals surface area (Å²) in [6.45, 7) is 3.40. The second-order valence-electron chi connectivity index (χ2n) is 4.62. The molecule has 0 saturated carbocycles. The van der Waals surface area contributed by atoms with Crippen molar-refractivity contribution in [3.05, 3.63) is 16.4 Å². The first-order chi connectivity index (χ1) is 7.52. The SMILES string of the molecule is Cc1nn(C)c(CC2(N)CCOCC2)c1Cl. The van der Waals surface area contributed by atoms with Crippen LogP contribution >= 0.6 is 11.6 Å². The minimum atomic E-state index is -0.192. The molecular weight excluding hydrogens is 226 g/mol. The van der Waals surface area contributed by atoms with Crippen molar-refractivity contribution in [3.63, 3.8) is 0 Å². The van der Waals surface area contributed by atoms with Gasteiger partial charge in [-0.1, -0.05) is 11.6 Å². The molecule has 0 aliphatic carbocycles. The predicted octanol–water partition coefficient (Wildman–Crippen LogP) is 1.43. The van der Waals surface area contributed by atoms with Crippen LogP contribution in [0.15, 0.2) is 0 Å². The number of aromatic nitrogens is 2. The van der Waals surface area contributed by atoms with Crippen LogP contribution in [0.5, 0.6) is 0 Å². The molecule has 1 fully saturated rings. The summed E-state index contributed by atoms with van der Waals surface area (Å²) in [4.78, 5) is 0. The van der Waals surface area contributed by atoms with Crippen LogP contribution in [0.2, 0.25) is 5.02 Å². The van der Waals surface area contributed by atoms with E-state index < -0.39 is 0 Å². The maximum atomic E-state index is 6.36. The smallest absolute Gasteiger partial charge is 0.0847 e. The highest BCUT2D eigenvalue weighted by atomic mass is 35.5. The molecule has 90 valence electrons. The van der Waals surface area contributed by atoms with Crippen molar-refractivity contribution in [2.45, 2.75) is 31.7 Å². The van der Waals surface area contributed by atoms with Crippen molar-refractivity contribution in [2.75, 3.05) is 13.2 Å². The molecule has 0 aromatic carbocycles. The van der Waals surface area contributed by atoms with Crippen LogP contribution in [0.1, 0.15) is 24.2 Å². The third kappa shape index (κ3) is 2.24. The van der Waals surface area contributed by atoms with Crippen LogP contribution in [-0.2, 0) is 18.2 Å². The normalized spacial score (nSPS) is 20.0. The van der Waals surface area contributed by atoms with Gasteiger partial charge in [-0.3, -0.25) is 4.68 Å². The van der Waals surface area contributed by atoms with E-state index in [0.29, 0.717) is 0 Å². The third-order valence-corrected chi connectivity index (χ3v) is 3.76. The standard InChI is InChI=1S/C11H18ClN3O/c1-8-10(12)9(15(2)14-8)7-11(13)3-5-16-6-4-11/h3-7,13H2,1-2H3. The van der Waals surface area contributed by atoms with Crippen molar-refractivity contribution in [1.82, 2.24) is 9.78 Å². The van der Waals surface area contributed by atoms with E-state index in [0.717, 1.165) is 48.9 Å². The number of nitrogens with two attached hydrogens (primary N) is 1. The van der Waals surface area contributed by atoms with Gasteiger partial charge in [-0.2, -0.15) is 5.10 Å². The lowest BCUT2D eigenvalue weighted by atomic mass is 9.86.